The first-order valence-corrected chi connectivity index (χ1v) is 6.75. The molecule has 2 aromatic carbocycles. The Morgan fingerprint density at radius 1 is 1.19 bits per heavy atom. The Balaban J connectivity index is 2.32. The molecule has 0 radical (unpaired) electrons. The van der Waals surface area contributed by atoms with Crippen LogP contribution in [0.15, 0.2) is 30.3 Å². The number of hydrogen-bond donors (Lipinski definition) is 1. The van der Waals surface area contributed by atoms with Crippen LogP contribution in [0.3, 0.4) is 0 Å². The van der Waals surface area contributed by atoms with Crippen LogP contribution in [0.5, 0.6) is 0 Å². The summed E-state index contributed by atoms with van der Waals surface area (Å²) < 4.78 is 26.6. The summed E-state index contributed by atoms with van der Waals surface area (Å²) in [4.78, 5) is 11.1. The summed E-state index contributed by atoms with van der Waals surface area (Å²) in [6, 6.07) is 6.92. The molecular formula is C16H14ClF2NO. The average molecular weight is 310 g/mol. The molecular weight excluding hydrogens is 296 g/mol. The minimum absolute atomic E-state index is 0.214. The quantitative estimate of drug-likeness (QED) is 0.890. The van der Waals surface area contributed by atoms with Crippen LogP contribution in [0.1, 0.15) is 23.6 Å². The number of anilines is 1. The second-order valence-corrected chi connectivity index (χ2v) is 5.26. The zero-order valence-electron chi connectivity index (χ0n) is 11.6. The second kappa shape index (κ2) is 6.22. The average Bonchev–Trinajstić information content (AvgIpc) is 2.38. The molecule has 2 rings (SSSR count). The largest absolute Gasteiger partial charge is 0.325 e. The van der Waals surface area contributed by atoms with Crippen LogP contribution in [0, 0.1) is 18.6 Å². The van der Waals surface area contributed by atoms with Gasteiger partial charge in [-0.05, 0) is 41.8 Å². The SMILES string of the molecule is CC(=O)Nc1cc(C)c(Cc2ccc(F)cc2F)cc1Cl. The molecule has 0 fully saturated rings. The monoisotopic (exact) mass is 309 g/mol. The van der Waals surface area contributed by atoms with Gasteiger partial charge in [0.05, 0.1) is 10.7 Å². The van der Waals surface area contributed by atoms with Gasteiger partial charge in [-0.15, -0.1) is 0 Å². The van der Waals surface area contributed by atoms with E-state index in [1.54, 1.807) is 12.1 Å². The van der Waals surface area contributed by atoms with Gasteiger partial charge >= 0.3 is 0 Å². The number of carbonyl (C=O) groups is 1. The first-order valence-electron chi connectivity index (χ1n) is 6.37. The topological polar surface area (TPSA) is 29.1 Å². The predicted octanol–water partition coefficient (Wildman–Crippen LogP) is 4.48. The van der Waals surface area contributed by atoms with E-state index in [1.165, 1.54) is 19.1 Å². The molecule has 1 amide bonds. The highest BCUT2D eigenvalue weighted by Gasteiger charge is 2.10. The van der Waals surface area contributed by atoms with E-state index in [-0.39, 0.29) is 5.91 Å². The Morgan fingerprint density at radius 3 is 2.52 bits per heavy atom. The molecule has 110 valence electrons. The molecule has 2 aromatic rings. The van der Waals surface area contributed by atoms with Gasteiger partial charge in [-0.25, -0.2) is 8.78 Å². The minimum Gasteiger partial charge on any atom is -0.325 e. The number of nitrogens with one attached hydrogen (secondary N) is 1. The van der Waals surface area contributed by atoms with E-state index in [0.717, 1.165) is 17.2 Å². The van der Waals surface area contributed by atoms with Crippen molar-refractivity contribution in [2.45, 2.75) is 20.3 Å². The van der Waals surface area contributed by atoms with Crippen molar-refractivity contribution >= 4 is 23.2 Å². The predicted molar refractivity (Wildman–Crippen MR) is 79.7 cm³/mol. The van der Waals surface area contributed by atoms with Crippen molar-refractivity contribution in [2.75, 3.05) is 5.32 Å². The van der Waals surface area contributed by atoms with Crippen LogP contribution in [-0.4, -0.2) is 5.91 Å². The van der Waals surface area contributed by atoms with Gasteiger partial charge in [-0.1, -0.05) is 17.7 Å². The van der Waals surface area contributed by atoms with Gasteiger partial charge < -0.3 is 5.32 Å². The van der Waals surface area contributed by atoms with Gasteiger partial charge in [0.25, 0.3) is 0 Å². The van der Waals surface area contributed by atoms with Crippen LogP contribution < -0.4 is 5.32 Å². The van der Waals surface area contributed by atoms with Crippen molar-refractivity contribution in [1.29, 1.82) is 0 Å². The van der Waals surface area contributed by atoms with Crippen LogP contribution in [-0.2, 0) is 11.2 Å². The molecule has 0 aliphatic carbocycles. The van der Waals surface area contributed by atoms with E-state index < -0.39 is 11.6 Å². The molecule has 5 heteroatoms. The second-order valence-electron chi connectivity index (χ2n) is 4.85. The number of hydrogen-bond acceptors (Lipinski definition) is 1. The molecule has 0 spiro atoms. The van der Waals surface area contributed by atoms with Crippen LogP contribution in [0.4, 0.5) is 14.5 Å². The number of benzene rings is 2. The van der Waals surface area contributed by atoms with E-state index in [4.69, 9.17) is 11.6 Å². The summed E-state index contributed by atoms with van der Waals surface area (Å²) in [6.07, 6.45) is 0.304. The fraction of sp³-hybridized carbons (Fsp3) is 0.188. The zero-order chi connectivity index (χ0) is 15.6. The third kappa shape index (κ3) is 3.79. The van der Waals surface area contributed by atoms with Gasteiger partial charge in [-0.2, -0.15) is 0 Å². The molecule has 0 aromatic heterocycles. The number of halogens is 3. The van der Waals surface area contributed by atoms with Gasteiger partial charge in [0, 0.05) is 19.4 Å². The highest BCUT2D eigenvalue weighted by Crippen LogP contribution is 2.28. The lowest BCUT2D eigenvalue weighted by molar-refractivity contribution is -0.114. The third-order valence-corrected chi connectivity index (χ3v) is 3.45. The van der Waals surface area contributed by atoms with Crippen LogP contribution in [0.25, 0.3) is 0 Å². The van der Waals surface area contributed by atoms with Crippen molar-refractivity contribution in [1.82, 2.24) is 0 Å². The maximum absolute atomic E-state index is 13.7. The Bertz CT molecular complexity index is 701. The highest BCUT2D eigenvalue weighted by atomic mass is 35.5. The highest BCUT2D eigenvalue weighted by molar-refractivity contribution is 6.33. The molecule has 0 unspecified atom stereocenters. The van der Waals surface area contributed by atoms with E-state index in [2.05, 4.69) is 5.32 Å². The van der Waals surface area contributed by atoms with Gasteiger partial charge in [0.2, 0.25) is 5.91 Å². The number of aryl methyl sites for hydroxylation is 1. The van der Waals surface area contributed by atoms with Gasteiger partial charge in [-0.3, -0.25) is 4.79 Å². The Labute approximate surface area is 126 Å². The third-order valence-electron chi connectivity index (χ3n) is 3.13. The molecule has 0 atom stereocenters. The lowest BCUT2D eigenvalue weighted by atomic mass is 9.99. The zero-order valence-corrected chi connectivity index (χ0v) is 12.4. The molecule has 1 N–H and O–H groups in total. The van der Waals surface area contributed by atoms with E-state index in [0.29, 0.717) is 22.7 Å². The molecule has 0 aliphatic heterocycles. The summed E-state index contributed by atoms with van der Waals surface area (Å²) in [7, 11) is 0. The first kappa shape index (κ1) is 15.4. The lowest BCUT2D eigenvalue weighted by Gasteiger charge is -2.12. The number of rotatable bonds is 3. The number of amides is 1. The Kier molecular flexibility index (Phi) is 4.58. The fourth-order valence-electron chi connectivity index (χ4n) is 2.07. The van der Waals surface area contributed by atoms with Crippen LogP contribution >= 0.6 is 11.6 Å². The van der Waals surface area contributed by atoms with Crippen molar-refractivity contribution < 1.29 is 13.6 Å². The van der Waals surface area contributed by atoms with Gasteiger partial charge in [0.1, 0.15) is 11.6 Å². The van der Waals surface area contributed by atoms with Crippen molar-refractivity contribution in [3.63, 3.8) is 0 Å². The number of carbonyl (C=O) groups excluding carboxylic acids is 1. The molecule has 0 saturated heterocycles. The molecule has 0 heterocycles. The summed E-state index contributed by atoms with van der Waals surface area (Å²) in [5.74, 6) is -1.41. The van der Waals surface area contributed by atoms with Crippen molar-refractivity contribution in [2.24, 2.45) is 0 Å². The summed E-state index contributed by atoms with van der Waals surface area (Å²) in [5.41, 5.74) is 2.60. The van der Waals surface area contributed by atoms with Crippen molar-refractivity contribution in [3.8, 4) is 0 Å². The maximum atomic E-state index is 13.7. The smallest absolute Gasteiger partial charge is 0.221 e. The first-order chi connectivity index (χ1) is 9.86. The van der Waals surface area contributed by atoms with E-state index in [1.807, 2.05) is 6.92 Å². The van der Waals surface area contributed by atoms with Crippen molar-refractivity contribution in [3.05, 3.63) is 63.7 Å². The summed E-state index contributed by atoms with van der Waals surface area (Å²) in [6.45, 7) is 3.24. The van der Waals surface area contributed by atoms with E-state index in [9.17, 15) is 13.6 Å². The lowest BCUT2D eigenvalue weighted by Crippen LogP contribution is -2.07. The molecule has 21 heavy (non-hydrogen) atoms. The van der Waals surface area contributed by atoms with Gasteiger partial charge in [0.15, 0.2) is 0 Å². The van der Waals surface area contributed by atoms with E-state index >= 15 is 0 Å². The minimum atomic E-state index is -0.605. The molecule has 2 nitrogen and oxygen atoms in total. The molecule has 0 saturated carbocycles. The van der Waals surface area contributed by atoms with Crippen LogP contribution in [0.2, 0.25) is 5.02 Å². The summed E-state index contributed by atoms with van der Waals surface area (Å²) >= 11 is 6.11. The maximum Gasteiger partial charge on any atom is 0.221 e. The Hall–Kier alpha value is -1.94. The standard InChI is InChI=1S/C16H14ClF2NO/c1-9-5-16(20-10(2)21)14(17)7-12(9)6-11-3-4-13(18)8-15(11)19/h3-5,7-8H,6H2,1-2H3,(H,20,21). The summed E-state index contributed by atoms with van der Waals surface area (Å²) in [5, 5.41) is 3.01. The molecule has 0 aliphatic rings. The Morgan fingerprint density at radius 2 is 1.90 bits per heavy atom. The normalized spacial score (nSPS) is 10.5. The molecule has 0 bridgehead atoms. The fourth-order valence-corrected chi connectivity index (χ4v) is 2.30.